The molecule has 1 aliphatic rings. The van der Waals surface area contributed by atoms with Crippen LogP contribution in [-0.2, 0) is 16.4 Å². The largest absolute Gasteiger partial charge is 0.345 e. The van der Waals surface area contributed by atoms with Crippen molar-refractivity contribution in [2.45, 2.75) is 29.2 Å². The SMILES string of the molecule is O=S(=O)(c1ccccc1)c1cn(CC2CCNCC2)c2cnc(Br)cc12. The molecule has 5 nitrogen and oxygen atoms in total. The fourth-order valence-corrected chi connectivity index (χ4v) is 5.38. The van der Waals surface area contributed by atoms with Gasteiger partial charge in [0.15, 0.2) is 0 Å². The van der Waals surface area contributed by atoms with Crippen LogP contribution in [0.25, 0.3) is 10.9 Å². The van der Waals surface area contributed by atoms with Gasteiger partial charge < -0.3 is 9.88 Å². The zero-order valence-electron chi connectivity index (χ0n) is 14.2. The fraction of sp³-hybridized carbons (Fsp3) is 0.316. The number of benzene rings is 1. The van der Waals surface area contributed by atoms with Crippen LogP contribution in [-0.4, -0.2) is 31.1 Å². The van der Waals surface area contributed by atoms with Gasteiger partial charge in [0.2, 0.25) is 9.84 Å². The molecule has 26 heavy (non-hydrogen) atoms. The van der Waals surface area contributed by atoms with Crippen LogP contribution < -0.4 is 5.32 Å². The van der Waals surface area contributed by atoms with Gasteiger partial charge >= 0.3 is 0 Å². The first kappa shape index (κ1) is 17.7. The van der Waals surface area contributed by atoms with E-state index in [0.29, 0.717) is 25.7 Å². The lowest BCUT2D eigenvalue weighted by atomic mass is 9.98. The number of hydrogen-bond donors (Lipinski definition) is 1. The number of piperidine rings is 1. The Morgan fingerprint density at radius 1 is 1.19 bits per heavy atom. The van der Waals surface area contributed by atoms with Crippen LogP contribution in [0, 0.1) is 5.92 Å². The number of nitrogens with one attached hydrogen (secondary N) is 1. The summed E-state index contributed by atoms with van der Waals surface area (Å²) >= 11 is 3.37. The van der Waals surface area contributed by atoms with Crippen molar-refractivity contribution in [3.8, 4) is 0 Å². The third kappa shape index (κ3) is 3.31. The molecule has 3 aromatic rings. The predicted octanol–water partition coefficient (Wildman–Crippen LogP) is 3.63. The van der Waals surface area contributed by atoms with Crippen LogP contribution in [0.15, 0.2) is 63.2 Å². The van der Waals surface area contributed by atoms with Gasteiger partial charge in [-0.3, -0.25) is 0 Å². The maximum Gasteiger partial charge on any atom is 0.208 e. The summed E-state index contributed by atoms with van der Waals surface area (Å²) in [6.07, 6.45) is 5.74. The molecule has 1 fully saturated rings. The van der Waals surface area contributed by atoms with Gasteiger partial charge in [0.1, 0.15) is 4.60 Å². The van der Waals surface area contributed by atoms with Gasteiger partial charge in [0, 0.05) is 18.1 Å². The molecule has 0 aliphatic carbocycles. The van der Waals surface area contributed by atoms with Crippen molar-refractivity contribution in [2.24, 2.45) is 5.92 Å². The van der Waals surface area contributed by atoms with E-state index in [1.807, 2.05) is 6.07 Å². The average molecular weight is 434 g/mol. The van der Waals surface area contributed by atoms with Gasteiger partial charge in [-0.05, 0) is 66.0 Å². The third-order valence-corrected chi connectivity index (χ3v) is 7.18. The summed E-state index contributed by atoms with van der Waals surface area (Å²) in [6.45, 7) is 2.84. The van der Waals surface area contributed by atoms with Gasteiger partial charge in [-0.25, -0.2) is 13.4 Å². The van der Waals surface area contributed by atoms with Crippen LogP contribution in [0.5, 0.6) is 0 Å². The summed E-state index contributed by atoms with van der Waals surface area (Å²) in [5.74, 6) is 0.544. The van der Waals surface area contributed by atoms with E-state index in [1.165, 1.54) is 0 Å². The van der Waals surface area contributed by atoms with Crippen molar-refractivity contribution in [1.82, 2.24) is 14.9 Å². The molecule has 1 aliphatic heterocycles. The van der Waals surface area contributed by atoms with Crippen molar-refractivity contribution < 1.29 is 8.42 Å². The Labute approximate surface area is 161 Å². The number of aromatic nitrogens is 2. The van der Waals surface area contributed by atoms with Gasteiger partial charge in [0.05, 0.1) is 21.5 Å². The van der Waals surface area contributed by atoms with E-state index in [1.54, 1.807) is 42.7 Å². The Balaban J connectivity index is 1.83. The van der Waals surface area contributed by atoms with Crippen molar-refractivity contribution >= 4 is 36.7 Å². The molecule has 0 atom stereocenters. The number of halogens is 1. The molecule has 2 aromatic heterocycles. The van der Waals surface area contributed by atoms with E-state index >= 15 is 0 Å². The van der Waals surface area contributed by atoms with Gasteiger partial charge in [0.25, 0.3) is 0 Å². The second-order valence-electron chi connectivity index (χ2n) is 6.68. The number of fused-ring (bicyclic) bond motifs is 1. The van der Waals surface area contributed by atoms with Crippen LogP contribution in [0.2, 0.25) is 0 Å². The second kappa shape index (κ2) is 7.13. The van der Waals surface area contributed by atoms with Crippen LogP contribution in [0.1, 0.15) is 12.8 Å². The molecule has 0 amide bonds. The highest BCUT2D eigenvalue weighted by atomic mass is 79.9. The molecule has 3 heterocycles. The van der Waals surface area contributed by atoms with Crippen LogP contribution in [0.4, 0.5) is 0 Å². The minimum atomic E-state index is -3.58. The highest BCUT2D eigenvalue weighted by Gasteiger charge is 2.25. The predicted molar refractivity (Wildman–Crippen MR) is 105 cm³/mol. The second-order valence-corrected chi connectivity index (χ2v) is 9.41. The fourth-order valence-electron chi connectivity index (χ4n) is 3.56. The van der Waals surface area contributed by atoms with Crippen molar-refractivity contribution in [1.29, 1.82) is 0 Å². The smallest absolute Gasteiger partial charge is 0.208 e. The lowest BCUT2D eigenvalue weighted by Gasteiger charge is -2.23. The van der Waals surface area contributed by atoms with E-state index in [-0.39, 0.29) is 0 Å². The summed E-state index contributed by atoms with van der Waals surface area (Å²) in [7, 11) is -3.58. The van der Waals surface area contributed by atoms with Gasteiger partial charge in [-0.2, -0.15) is 0 Å². The first-order chi connectivity index (χ1) is 12.6. The molecule has 0 spiro atoms. The lowest BCUT2D eigenvalue weighted by molar-refractivity contribution is 0.336. The quantitative estimate of drug-likeness (QED) is 0.637. The van der Waals surface area contributed by atoms with E-state index in [4.69, 9.17) is 0 Å². The number of rotatable bonds is 4. The molecule has 136 valence electrons. The van der Waals surface area contributed by atoms with Crippen LogP contribution in [0.3, 0.4) is 0 Å². The molecule has 0 bridgehead atoms. The Kier molecular flexibility index (Phi) is 4.86. The Hall–Kier alpha value is -1.70. The Morgan fingerprint density at radius 2 is 1.92 bits per heavy atom. The van der Waals surface area contributed by atoms with Crippen molar-refractivity contribution in [2.75, 3.05) is 13.1 Å². The minimum Gasteiger partial charge on any atom is -0.345 e. The zero-order valence-corrected chi connectivity index (χ0v) is 16.6. The van der Waals surface area contributed by atoms with E-state index in [9.17, 15) is 8.42 Å². The molecule has 1 N–H and O–H groups in total. The van der Waals surface area contributed by atoms with Gasteiger partial charge in [-0.15, -0.1) is 0 Å². The number of nitrogens with zero attached hydrogens (tertiary/aromatic N) is 2. The molecular weight excluding hydrogens is 414 g/mol. The van der Waals surface area contributed by atoms with Crippen molar-refractivity contribution in [3.05, 3.63) is 53.4 Å². The standard InChI is InChI=1S/C19H20BrN3O2S/c20-19-10-16-17(11-22-19)23(12-14-6-8-21-9-7-14)13-18(16)26(24,25)15-4-2-1-3-5-15/h1-5,10-11,13-14,21H,6-9,12H2. The normalized spacial score (nSPS) is 16.2. The molecule has 0 unspecified atom stereocenters. The summed E-state index contributed by atoms with van der Waals surface area (Å²) < 4.78 is 29.1. The molecule has 1 saturated heterocycles. The molecule has 0 saturated carbocycles. The van der Waals surface area contributed by atoms with E-state index < -0.39 is 9.84 Å². The minimum absolute atomic E-state index is 0.314. The number of sulfone groups is 1. The third-order valence-electron chi connectivity index (χ3n) is 4.95. The average Bonchev–Trinajstić information content (AvgIpc) is 3.01. The lowest BCUT2D eigenvalue weighted by Crippen LogP contribution is -2.29. The Morgan fingerprint density at radius 3 is 2.65 bits per heavy atom. The summed E-state index contributed by atoms with van der Waals surface area (Å²) in [4.78, 5) is 4.97. The molecule has 1 aromatic carbocycles. The van der Waals surface area contributed by atoms with E-state index in [0.717, 1.165) is 38.0 Å². The molecule has 7 heteroatoms. The topological polar surface area (TPSA) is 64.0 Å². The monoisotopic (exact) mass is 433 g/mol. The number of hydrogen-bond acceptors (Lipinski definition) is 4. The molecule has 4 rings (SSSR count). The maximum atomic E-state index is 13.2. The van der Waals surface area contributed by atoms with Gasteiger partial charge in [-0.1, -0.05) is 18.2 Å². The number of pyridine rings is 1. The first-order valence-electron chi connectivity index (χ1n) is 8.71. The molecular formula is C19H20BrN3O2S. The summed E-state index contributed by atoms with van der Waals surface area (Å²) in [5, 5.41) is 4.09. The molecule has 0 radical (unpaired) electrons. The first-order valence-corrected chi connectivity index (χ1v) is 11.0. The summed E-state index contributed by atoms with van der Waals surface area (Å²) in [5.41, 5.74) is 0.862. The summed E-state index contributed by atoms with van der Waals surface area (Å²) in [6, 6.07) is 10.4. The highest BCUT2D eigenvalue weighted by molar-refractivity contribution is 9.10. The Bertz CT molecular complexity index is 1030. The van der Waals surface area contributed by atoms with Crippen molar-refractivity contribution in [3.63, 3.8) is 0 Å². The maximum absolute atomic E-state index is 13.2. The highest BCUT2D eigenvalue weighted by Crippen LogP contribution is 2.32. The van der Waals surface area contributed by atoms with E-state index in [2.05, 4.69) is 30.8 Å². The zero-order chi connectivity index (χ0) is 18.1. The van der Waals surface area contributed by atoms with Crippen LogP contribution >= 0.6 is 15.9 Å².